The van der Waals surface area contributed by atoms with Gasteiger partial charge in [-0.2, -0.15) is 11.3 Å². The van der Waals surface area contributed by atoms with Gasteiger partial charge in [0.15, 0.2) is 4.60 Å². The van der Waals surface area contributed by atoms with Crippen molar-refractivity contribution in [2.24, 2.45) is 0 Å². The molecule has 0 bridgehead atoms. The summed E-state index contributed by atoms with van der Waals surface area (Å²) in [5.41, 5.74) is 3.15. The molecule has 0 spiro atoms. The lowest BCUT2D eigenvalue weighted by molar-refractivity contribution is -0.384. The molecule has 6 nitrogen and oxygen atoms in total. The number of nitro groups is 1. The number of aromatic nitrogens is 3. The SMILES string of the molecule is O=[N+]([O-])c1ccc(CCn2nnc(Br)c2-c2ccsc2)cc1. The van der Waals surface area contributed by atoms with Crippen molar-refractivity contribution in [1.82, 2.24) is 15.0 Å². The Hall–Kier alpha value is -2.06. The summed E-state index contributed by atoms with van der Waals surface area (Å²) in [5.74, 6) is 0. The van der Waals surface area contributed by atoms with Gasteiger partial charge in [-0.3, -0.25) is 10.1 Å². The number of hydrogen-bond donors (Lipinski definition) is 0. The van der Waals surface area contributed by atoms with Gasteiger partial charge in [-0.15, -0.1) is 5.10 Å². The number of nitro benzene ring substituents is 1. The van der Waals surface area contributed by atoms with Crippen LogP contribution in [-0.4, -0.2) is 19.9 Å². The fraction of sp³-hybridized carbons (Fsp3) is 0.143. The lowest BCUT2D eigenvalue weighted by Crippen LogP contribution is -2.05. The molecule has 0 aliphatic heterocycles. The molecular formula is C14H11BrN4O2S. The maximum absolute atomic E-state index is 10.6. The average molecular weight is 379 g/mol. The zero-order valence-electron chi connectivity index (χ0n) is 11.3. The van der Waals surface area contributed by atoms with E-state index in [1.807, 2.05) is 21.5 Å². The van der Waals surface area contributed by atoms with Gasteiger partial charge in [-0.1, -0.05) is 17.3 Å². The molecular weight excluding hydrogens is 368 g/mol. The molecule has 0 atom stereocenters. The van der Waals surface area contributed by atoms with Crippen molar-refractivity contribution < 1.29 is 4.92 Å². The molecule has 0 saturated heterocycles. The second-order valence-corrected chi connectivity index (χ2v) is 6.17. The van der Waals surface area contributed by atoms with Crippen molar-refractivity contribution in [1.29, 1.82) is 0 Å². The first kappa shape index (κ1) is 14.9. The lowest BCUT2D eigenvalue weighted by atomic mass is 10.1. The first-order valence-corrected chi connectivity index (χ1v) is 8.23. The van der Waals surface area contributed by atoms with E-state index in [9.17, 15) is 10.1 Å². The van der Waals surface area contributed by atoms with Crippen LogP contribution in [0.2, 0.25) is 0 Å². The predicted molar refractivity (Wildman–Crippen MR) is 87.8 cm³/mol. The molecule has 0 radical (unpaired) electrons. The normalized spacial score (nSPS) is 10.8. The third kappa shape index (κ3) is 3.07. The van der Waals surface area contributed by atoms with Gasteiger partial charge in [0.25, 0.3) is 5.69 Å². The maximum Gasteiger partial charge on any atom is 0.269 e. The Morgan fingerprint density at radius 2 is 2.05 bits per heavy atom. The van der Waals surface area contributed by atoms with Gasteiger partial charge in [0.2, 0.25) is 0 Å². The number of rotatable bonds is 5. The lowest BCUT2D eigenvalue weighted by Gasteiger charge is -2.05. The Balaban J connectivity index is 1.76. The fourth-order valence-electron chi connectivity index (χ4n) is 2.14. The van der Waals surface area contributed by atoms with Gasteiger partial charge >= 0.3 is 0 Å². The zero-order valence-corrected chi connectivity index (χ0v) is 13.7. The molecule has 22 heavy (non-hydrogen) atoms. The molecule has 2 heterocycles. The molecule has 0 aliphatic rings. The smallest absolute Gasteiger partial charge is 0.258 e. The van der Waals surface area contributed by atoms with Crippen LogP contribution in [0.15, 0.2) is 45.7 Å². The van der Waals surface area contributed by atoms with Crippen LogP contribution in [-0.2, 0) is 13.0 Å². The minimum atomic E-state index is -0.396. The number of nitrogens with zero attached hydrogens (tertiary/aromatic N) is 4. The number of benzene rings is 1. The number of hydrogen-bond acceptors (Lipinski definition) is 5. The van der Waals surface area contributed by atoms with Crippen LogP contribution in [0.4, 0.5) is 5.69 Å². The Kier molecular flexibility index (Phi) is 4.30. The van der Waals surface area contributed by atoms with Gasteiger partial charge < -0.3 is 0 Å². The Bertz CT molecular complexity index is 784. The van der Waals surface area contributed by atoms with E-state index in [0.29, 0.717) is 6.54 Å². The summed E-state index contributed by atoms with van der Waals surface area (Å²) in [5, 5.41) is 22.9. The van der Waals surface area contributed by atoms with Gasteiger partial charge in [0.05, 0.1) is 4.92 Å². The molecule has 0 N–H and O–H groups in total. The van der Waals surface area contributed by atoms with Crippen LogP contribution < -0.4 is 0 Å². The second-order valence-electron chi connectivity index (χ2n) is 4.64. The standard InChI is InChI=1S/C14H11BrN4O2S/c15-14-13(11-6-8-22-9-11)18(17-16-14)7-5-10-1-3-12(4-2-10)19(20)21/h1-4,6,8-9H,5,7H2. The summed E-state index contributed by atoms with van der Waals surface area (Å²) >= 11 is 5.05. The number of non-ortho nitro benzene ring substituents is 1. The predicted octanol–water partition coefficient (Wildman–Crippen LogP) is 3.92. The van der Waals surface area contributed by atoms with Crippen LogP contribution in [0, 0.1) is 10.1 Å². The first-order valence-electron chi connectivity index (χ1n) is 6.50. The Morgan fingerprint density at radius 1 is 1.27 bits per heavy atom. The number of halogens is 1. The molecule has 2 aromatic heterocycles. The van der Waals surface area contributed by atoms with Crippen LogP contribution in [0.3, 0.4) is 0 Å². The quantitative estimate of drug-likeness (QED) is 0.498. The highest BCUT2D eigenvalue weighted by molar-refractivity contribution is 9.10. The summed E-state index contributed by atoms with van der Waals surface area (Å²) in [4.78, 5) is 10.3. The number of aryl methyl sites for hydroxylation is 2. The molecule has 1 aromatic carbocycles. The molecule has 0 unspecified atom stereocenters. The largest absolute Gasteiger partial charge is 0.269 e. The van der Waals surface area contributed by atoms with Gasteiger partial charge in [-0.25, -0.2) is 4.68 Å². The van der Waals surface area contributed by atoms with Crippen LogP contribution in [0.5, 0.6) is 0 Å². The Morgan fingerprint density at radius 3 is 2.68 bits per heavy atom. The summed E-state index contributed by atoms with van der Waals surface area (Å²) < 4.78 is 2.56. The zero-order chi connectivity index (χ0) is 15.5. The average Bonchev–Trinajstić information content (AvgIpc) is 3.15. The van der Waals surface area contributed by atoms with E-state index in [4.69, 9.17) is 0 Å². The van der Waals surface area contributed by atoms with E-state index in [1.54, 1.807) is 23.5 Å². The summed E-state index contributed by atoms with van der Waals surface area (Å²) in [6.07, 6.45) is 0.727. The van der Waals surface area contributed by atoms with Crippen molar-refractivity contribution in [2.45, 2.75) is 13.0 Å². The molecule has 112 valence electrons. The first-order chi connectivity index (χ1) is 10.6. The van der Waals surface area contributed by atoms with Gasteiger partial charge in [0.1, 0.15) is 5.69 Å². The molecule has 3 aromatic rings. The molecule has 8 heteroatoms. The topological polar surface area (TPSA) is 73.8 Å². The van der Waals surface area contributed by atoms with E-state index in [0.717, 1.165) is 27.8 Å². The monoisotopic (exact) mass is 378 g/mol. The van der Waals surface area contributed by atoms with E-state index in [1.165, 1.54) is 12.1 Å². The minimum Gasteiger partial charge on any atom is -0.258 e. The van der Waals surface area contributed by atoms with E-state index in [2.05, 4.69) is 26.2 Å². The number of thiophene rings is 1. The second kappa shape index (κ2) is 6.37. The third-order valence-corrected chi connectivity index (χ3v) is 4.47. The molecule has 3 rings (SSSR count). The molecule has 0 saturated carbocycles. The van der Waals surface area contributed by atoms with Gasteiger partial charge in [0, 0.05) is 29.6 Å². The highest BCUT2D eigenvalue weighted by Gasteiger charge is 2.13. The van der Waals surface area contributed by atoms with Crippen molar-refractivity contribution >= 4 is 33.0 Å². The van der Waals surface area contributed by atoms with Crippen LogP contribution in [0.1, 0.15) is 5.56 Å². The van der Waals surface area contributed by atoms with Crippen molar-refractivity contribution in [2.75, 3.05) is 0 Å². The fourth-order valence-corrected chi connectivity index (χ4v) is 3.28. The summed E-state index contributed by atoms with van der Waals surface area (Å²) in [6, 6.07) is 8.61. The maximum atomic E-state index is 10.6. The van der Waals surface area contributed by atoms with E-state index >= 15 is 0 Å². The highest BCUT2D eigenvalue weighted by atomic mass is 79.9. The minimum absolute atomic E-state index is 0.103. The Labute approximate surface area is 138 Å². The summed E-state index contributed by atoms with van der Waals surface area (Å²) in [7, 11) is 0. The van der Waals surface area contributed by atoms with Crippen molar-refractivity contribution in [3.05, 3.63) is 61.4 Å². The van der Waals surface area contributed by atoms with Crippen LogP contribution >= 0.6 is 27.3 Å². The van der Waals surface area contributed by atoms with Crippen LogP contribution in [0.25, 0.3) is 11.3 Å². The van der Waals surface area contributed by atoms with Crippen molar-refractivity contribution in [3.8, 4) is 11.3 Å². The molecule has 0 aliphatic carbocycles. The van der Waals surface area contributed by atoms with Crippen molar-refractivity contribution in [3.63, 3.8) is 0 Å². The highest BCUT2D eigenvalue weighted by Crippen LogP contribution is 2.28. The van der Waals surface area contributed by atoms with Gasteiger partial charge in [-0.05, 0) is 39.4 Å². The van der Waals surface area contributed by atoms with E-state index < -0.39 is 4.92 Å². The molecule has 0 fully saturated rings. The van der Waals surface area contributed by atoms with E-state index in [-0.39, 0.29) is 5.69 Å². The molecule has 0 amide bonds. The summed E-state index contributed by atoms with van der Waals surface area (Å²) in [6.45, 7) is 0.654. The third-order valence-electron chi connectivity index (χ3n) is 3.25.